The van der Waals surface area contributed by atoms with Gasteiger partial charge in [0, 0.05) is 11.6 Å². The molecule has 0 bridgehead atoms. The monoisotopic (exact) mass is 724 g/mol. The Labute approximate surface area is 331 Å². The molecule has 2 unspecified atom stereocenters. The number of allylic oxidation sites excluding steroid dienone is 5. The molecule has 274 valence electrons. The van der Waals surface area contributed by atoms with Gasteiger partial charge >= 0.3 is 0 Å². The third-order valence-electron chi connectivity index (χ3n) is 13.0. The van der Waals surface area contributed by atoms with Crippen LogP contribution in [0.3, 0.4) is 0 Å². The highest BCUT2D eigenvalue weighted by atomic mass is 14.7. The summed E-state index contributed by atoms with van der Waals surface area (Å²) in [5, 5.41) is 0. The second kappa shape index (κ2) is 14.6. The van der Waals surface area contributed by atoms with Crippen LogP contribution < -0.4 is 5.73 Å². The van der Waals surface area contributed by atoms with Crippen molar-refractivity contribution in [2.75, 3.05) is 0 Å². The van der Waals surface area contributed by atoms with Crippen LogP contribution in [-0.2, 0) is 12.0 Å². The van der Waals surface area contributed by atoms with Gasteiger partial charge in [-0.15, -0.1) is 0 Å². The molecule has 0 saturated heterocycles. The minimum atomic E-state index is -0.146. The normalized spacial score (nSPS) is 19.5. The summed E-state index contributed by atoms with van der Waals surface area (Å²) in [5.74, 6) is 0.928. The molecule has 0 saturated carbocycles. The minimum absolute atomic E-state index is 0.146. The van der Waals surface area contributed by atoms with Crippen LogP contribution in [-0.4, -0.2) is 5.71 Å². The van der Waals surface area contributed by atoms with E-state index in [2.05, 4.69) is 152 Å². The average molecular weight is 725 g/mol. The van der Waals surface area contributed by atoms with Crippen LogP contribution in [0.25, 0.3) is 39.1 Å². The zero-order chi connectivity index (χ0) is 37.5. The molecule has 2 nitrogen and oxygen atoms in total. The fraction of sp³-hybridized carbons (Fsp3) is 0.204. The number of nitrogens with zero attached hydrogens (tertiary/aromatic N) is 1. The number of nitrogens with two attached hydrogens (primary N) is 1. The van der Waals surface area contributed by atoms with Crippen molar-refractivity contribution in [3.63, 3.8) is 0 Å². The quantitative estimate of drug-likeness (QED) is 0.129. The highest BCUT2D eigenvalue weighted by Crippen LogP contribution is 2.66. The van der Waals surface area contributed by atoms with Gasteiger partial charge in [0.2, 0.25) is 0 Å². The Balaban J connectivity index is 1.00. The Morgan fingerprint density at radius 1 is 0.643 bits per heavy atom. The van der Waals surface area contributed by atoms with E-state index in [0.29, 0.717) is 18.4 Å². The average Bonchev–Trinajstić information content (AvgIpc) is 3.55. The van der Waals surface area contributed by atoms with E-state index in [9.17, 15) is 0 Å². The van der Waals surface area contributed by atoms with Crippen molar-refractivity contribution in [1.29, 1.82) is 0 Å². The number of benzene rings is 6. The summed E-state index contributed by atoms with van der Waals surface area (Å²) in [5.41, 5.74) is 25.5. The molecule has 2 N–H and O–H groups in total. The highest BCUT2D eigenvalue weighted by molar-refractivity contribution is 6.11. The van der Waals surface area contributed by atoms with Crippen molar-refractivity contribution in [3.05, 3.63) is 209 Å². The van der Waals surface area contributed by atoms with Crippen LogP contribution in [0.2, 0.25) is 0 Å². The Morgan fingerprint density at radius 2 is 1.34 bits per heavy atom. The number of hydrogen-bond acceptors (Lipinski definition) is 2. The standard InChI is InChI=1S/C54H48N2/c55-52(38-17-6-3-7-18-38)35-53(39-19-4-1-2-5-20-39)56-36-37-16-14-21-40(32-37)41-22-15-23-42(33-41)43-30-31-47-46-26-10-13-29-50(46)54(51(47)34-43)48-27-11-8-24-44(48)45-25-9-12-28-49(45)54/h3,6-12,14-19,21-28,30-35,46,50H,1-2,4-5,13,20,29,36,55H2/b52-35-,56-53+. The summed E-state index contributed by atoms with van der Waals surface area (Å²) in [6, 6.07) is 54.1. The third-order valence-corrected chi connectivity index (χ3v) is 13.0. The number of fused-ring (bicyclic) bond motifs is 10. The molecule has 0 radical (unpaired) electrons. The molecule has 10 rings (SSSR count). The van der Waals surface area contributed by atoms with Gasteiger partial charge in [0.15, 0.2) is 0 Å². The Kier molecular flexibility index (Phi) is 8.98. The molecule has 2 atom stereocenters. The molecule has 56 heavy (non-hydrogen) atoms. The number of aliphatic imine (C=N–C) groups is 1. The van der Waals surface area contributed by atoms with E-state index in [-0.39, 0.29) is 5.41 Å². The van der Waals surface area contributed by atoms with Gasteiger partial charge in [-0.25, -0.2) is 0 Å². The van der Waals surface area contributed by atoms with Gasteiger partial charge in [0.05, 0.1) is 17.7 Å². The second-order valence-corrected chi connectivity index (χ2v) is 16.1. The Hall–Kier alpha value is -5.99. The van der Waals surface area contributed by atoms with Gasteiger partial charge in [0.1, 0.15) is 0 Å². The maximum Gasteiger partial charge on any atom is 0.0647 e. The van der Waals surface area contributed by atoms with Gasteiger partial charge in [-0.1, -0.05) is 152 Å². The first kappa shape index (κ1) is 34.5. The molecule has 0 amide bonds. The van der Waals surface area contributed by atoms with Crippen molar-refractivity contribution < 1.29 is 0 Å². The molecule has 1 spiro atoms. The highest BCUT2D eigenvalue weighted by Gasteiger charge is 2.57. The SMILES string of the molecule is N/C(=C\C(=N/Cc1cccc(-c2cccc(-c3ccc4c(c3)C3(c5ccccc5-c5ccccc53)C3CCC=CC43)c2)c1)C1=CCCCCC1)c1ccccc1. The summed E-state index contributed by atoms with van der Waals surface area (Å²) in [4.78, 5) is 5.24. The van der Waals surface area contributed by atoms with Crippen molar-refractivity contribution >= 4 is 11.4 Å². The lowest BCUT2D eigenvalue weighted by atomic mass is 9.64. The first-order valence-electron chi connectivity index (χ1n) is 20.6. The molecule has 0 heterocycles. The third kappa shape index (κ3) is 5.91. The topological polar surface area (TPSA) is 38.4 Å². The van der Waals surface area contributed by atoms with Crippen LogP contribution in [0.15, 0.2) is 180 Å². The lowest BCUT2D eigenvalue weighted by Crippen LogP contribution is -2.34. The molecular formula is C54H48N2. The molecule has 6 aromatic carbocycles. The van der Waals surface area contributed by atoms with Crippen molar-refractivity contribution in [2.24, 2.45) is 16.6 Å². The minimum Gasteiger partial charge on any atom is -0.398 e. The predicted octanol–water partition coefficient (Wildman–Crippen LogP) is 13.2. The molecular weight excluding hydrogens is 677 g/mol. The first-order chi connectivity index (χ1) is 27.7. The molecule has 6 aromatic rings. The summed E-state index contributed by atoms with van der Waals surface area (Å²) in [6.07, 6.45) is 17.6. The van der Waals surface area contributed by atoms with E-state index in [1.165, 1.54) is 92.5 Å². The maximum atomic E-state index is 6.66. The van der Waals surface area contributed by atoms with Gasteiger partial charge < -0.3 is 5.73 Å². The number of rotatable bonds is 7. The smallest absolute Gasteiger partial charge is 0.0647 e. The van der Waals surface area contributed by atoms with E-state index in [0.717, 1.165) is 36.2 Å². The van der Waals surface area contributed by atoms with Gasteiger partial charge in [-0.05, 0) is 141 Å². The predicted molar refractivity (Wildman–Crippen MR) is 235 cm³/mol. The van der Waals surface area contributed by atoms with Crippen molar-refractivity contribution in [3.8, 4) is 33.4 Å². The van der Waals surface area contributed by atoms with E-state index >= 15 is 0 Å². The van der Waals surface area contributed by atoms with Crippen LogP contribution in [0.4, 0.5) is 0 Å². The molecule has 4 aliphatic carbocycles. The molecule has 0 aromatic heterocycles. The molecule has 4 aliphatic rings. The van der Waals surface area contributed by atoms with Gasteiger partial charge in [0.25, 0.3) is 0 Å². The fourth-order valence-electron chi connectivity index (χ4n) is 10.4. The Bertz CT molecular complexity index is 2520. The Morgan fingerprint density at radius 3 is 2.12 bits per heavy atom. The fourth-order valence-corrected chi connectivity index (χ4v) is 10.4. The van der Waals surface area contributed by atoms with Gasteiger partial charge in [-0.2, -0.15) is 0 Å². The van der Waals surface area contributed by atoms with Crippen molar-refractivity contribution in [2.45, 2.75) is 62.8 Å². The first-order valence-corrected chi connectivity index (χ1v) is 20.6. The zero-order valence-corrected chi connectivity index (χ0v) is 32.0. The second-order valence-electron chi connectivity index (χ2n) is 16.1. The lowest BCUT2D eigenvalue weighted by molar-refractivity contribution is 0.351. The summed E-state index contributed by atoms with van der Waals surface area (Å²) >= 11 is 0. The van der Waals surface area contributed by atoms with Crippen LogP contribution >= 0.6 is 0 Å². The lowest BCUT2D eigenvalue weighted by Gasteiger charge is -2.38. The van der Waals surface area contributed by atoms with E-state index in [4.69, 9.17) is 10.7 Å². The van der Waals surface area contributed by atoms with E-state index < -0.39 is 0 Å². The molecule has 0 fully saturated rings. The van der Waals surface area contributed by atoms with Gasteiger partial charge in [-0.3, -0.25) is 4.99 Å². The summed E-state index contributed by atoms with van der Waals surface area (Å²) < 4.78 is 0. The summed E-state index contributed by atoms with van der Waals surface area (Å²) in [6.45, 7) is 0.603. The zero-order valence-electron chi connectivity index (χ0n) is 32.0. The van der Waals surface area contributed by atoms with E-state index in [1.54, 1.807) is 0 Å². The number of hydrogen-bond donors (Lipinski definition) is 1. The summed E-state index contributed by atoms with van der Waals surface area (Å²) in [7, 11) is 0. The molecule has 2 heteroatoms. The maximum absolute atomic E-state index is 6.66. The molecule has 0 aliphatic heterocycles. The van der Waals surface area contributed by atoms with Crippen LogP contribution in [0.5, 0.6) is 0 Å². The largest absolute Gasteiger partial charge is 0.398 e. The van der Waals surface area contributed by atoms with Crippen molar-refractivity contribution in [1.82, 2.24) is 0 Å². The van der Waals surface area contributed by atoms with Crippen LogP contribution in [0, 0.1) is 5.92 Å². The van der Waals surface area contributed by atoms with E-state index in [1.807, 2.05) is 18.2 Å². The van der Waals surface area contributed by atoms with Crippen LogP contribution in [0.1, 0.15) is 84.2 Å².